The molecule has 1 fully saturated rings. The fourth-order valence-electron chi connectivity index (χ4n) is 5.33. The zero-order valence-corrected chi connectivity index (χ0v) is 26.0. The first kappa shape index (κ1) is 37.5. The number of nitrogens with one attached hydrogen (secondary N) is 2. The standard InChI is InChI=1S/C35H35Cl2N3O5.2CH4/c36-29-16-11-24(19-30(29)37)20-31(39-34(43)25-12-14-28(15-13-25)45-27-9-5-2-6-10-27)32(41)33(42)35(44)38-26-17-18-40(22-26)21-23-7-3-1-4-8-23;;/h1-16,19,26,31-33,41-42H,17-18,20-22H2,(H,38,44)(H,39,43);2*1H4. The number of hydrogen-bond acceptors (Lipinski definition) is 6. The van der Waals surface area contributed by atoms with Crippen LogP contribution in [-0.4, -0.2) is 64.3 Å². The molecule has 2 amide bonds. The third-order valence-corrected chi connectivity index (χ3v) is 8.46. The van der Waals surface area contributed by atoms with Gasteiger partial charge in [0, 0.05) is 31.2 Å². The highest BCUT2D eigenvalue weighted by molar-refractivity contribution is 6.42. The van der Waals surface area contributed by atoms with E-state index in [1.165, 1.54) is 5.56 Å². The van der Waals surface area contributed by atoms with Crippen LogP contribution in [0.5, 0.6) is 11.5 Å². The van der Waals surface area contributed by atoms with E-state index in [2.05, 4.69) is 27.7 Å². The second kappa shape index (κ2) is 17.8. The zero-order chi connectivity index (χ0) is 31.8. The Bertz CT molecular complexity index is 1570. The van der Waals surface area contributed by atoms with Crippen LogP contribution in [-0.2, 0) is 17.8 Å². The molecule has 0 aliphatic carbocycles. The van der Waals surface area contributed by atoms with Crippen molar-refractivity contribution in [3.63, 3.8) is 0 Å². The van der Waals surface area contributed by atoms with E-state index in [4.69, 9.17) is 27.9 Å². The molecule has 5 rings (SSSR count). The van der Waals surface area contributed by atoms with Crippen LogP contribution in [0.4, 0.5) is 0 Å². The van der Waals surface area contributed by atoms with Crippen LogP contribution in [0.3, 0.4) is 0 Å². The Morgan fingerprint density at radius 3 is 2.13 bits per heavy atom. The zero-order valence-electron chi connectivity index (χ0n) is 24.5. The van der Waals surface area contributed by atoms with Crippen molar-refractivity contribution in [2.24, 2.45) is 0 Å². The molecular formula is C37H43Cl2N3O5. The van der Waals surface area contributed by atoms with Crippen LogP contribution in [0.1, 0.15) is 42.8 Å². The van der Waals surface area contributed by atoms with E-state index in [1.54, 1.807) is 42.5 Å². The number of halogens is 2. The molecule has 47 heavy (non-hydrogen) atoms. The summed E-state index contributed by atoms with van der Waals surface area (Å²) in [6, 6.07) is 29.6. The molecule has 1 heterocycles. The number of para-hydroxylation sites is 1. The Morgan fingerprint density at radius 1 is 0.830 bits per heavy atom. The molecule has 0 aromatic heterocycles. The molecule has 8 nitrogen and oxygen atoms in total. The molecular weight excluding hydrogens is 637 g/mol. The van der Waals surface area contributed by atoms with Crippen LogP contribution >= 0.6 is 23.2 Å². The molecule has 4 N–H and O–H groups in total. The number of carbonyl (C=O) groups excluding carboxylic acids is 2. The molecule has 0 bridgehead atoms. The fraction of sp³-hybridized carbons (Fsp3) is 0.297. The minimum atomic E-state index is -1.79. The molecule has 10 heteroatoms. The summed E-state index contributed by atoms with van der Waals surface area (Å²) >= 11 is 12.3. The largest absolute Gasteiger partial charge is 0.457 e. The van der Waals surface area contributed by atoms with Gasteiger partial charge < -0.3 is 25.6 Å². The maximum atomic E-state index is 13.3. The van der Waals surface area contributed by atoms with Gasteiger partial charge in [0.2, 0.25) is 0 Å². The van der Waals surface area contributed by atoms with Gasteiger partial charge in [0.15, 0.2) is 6.10 Å². The predicted octanol–water partition coefficient (Wildman–Crippen LogP) is 6.51. The summed E-state index contributed by atoms with van der Waals surface area (Å²) in [6.45, 7) is 2.18. The maximum absolute atomic E-state index is 13.3. The molecule has 0 saturated carbocycles. The minimum absolute atomic E-state index is 0. The smallest absolute Gasteiger partial charge is 0.251 e. The van der Waals surface area contributed by atoms with Crippen LogP contribution in [0.25, 0.3) is 0 Å². The van der Waals surface area contributed by atoms with Gasteiger partial charge in [-0.15, -0.1) is 0 Å². The lowest BCUT2D eigenvalue weighted by Crippen LogP contribution is -2.55. The van der Waals surface area contributed by atoms with E-state index in [0.29, 0.717) is 39.2 Å². The average Bonchev–Trinajstić information content (AvgIpc) is 3.49. The summed E-state index contributed by atoms with van der Waals surface area (Å²) < 4.78 is 5.81. The lowest BCUT2D eigenvalue weighted by atomic mass is 9.96. The van der Waals surface area contributed by atoms with Gasteiger partial charge in [-0.3, -0.25) is 14.5 Å². The number of aliphatic hydroxyl groups excluding tert-OH is 2. The van der Waals surface area contributed by atoms with Crippen molar-refractivity contribution in [3.8, 4) is 11.5 Å². The Balaban J connectivity index is 0.00000300. The number of rotatable bonds is 12. The highest BCUT2D eigenvalue weighted by Crippen LogP contribution is 2.25. The third-order valence-electron chi connectivity index (χ3n) is 7.72. The van der Waals surface area contributed by atoms with E-state index < -0.39 is 30.1 Å². The molecule has 0 radical (unpaired) electrons. The van der Waals surface area contributed by atoms with Crippen molar-refractivity contribution in [2.45, 2.75) is 58.5 Å². The van der Waals surface area contributed by atoms with Crippen LogP contribution in [0.15, 0.2) is 103 Å². The van der Waals surface area contributed by atoms with Gasteiger partial charge in [-0.25, -0.2) is 0 Å². The molecule has 0 spiro atoms. The lowest BCUT2D eigenvalue weighted by molar-refractivity contribution is -0.137. The number of carbonyl (C=O) groups is 2. The summed E-state index contributed by atoms with van der Waals surface area (Å²) in [5, 5.41) is 28.5. The second-order valence-corrected chi connectivity index (χ2v) is 11.9. The summed E-state index contributed by atoms with van der Waals surface area (Å²) in [7, 11) is 0. The number of ether oxygens (including phenoxy) is 1. The van der Waals surface area contributed by atoms with Gasteiger partial charge in [0.1, 0.15) is 17.6 Å². The van der Waals surface area contributed by atoms with Crippen molar-refractivity contribution < 1.29 is 24.5 Å². The molecule has 4 aromatic carbocycles. The Kier molecular flexibility index (Phi) is 14.3. The van der Waals surface area contributed by atoms with E-state index in [1.807, 2.05) is 48.5 Å². The summed E-state index contributed by atoms with van der Waals surface area (Å²) in [6.07, 6.45) is -2.61. The van der Waals surface area contributed by atoms with Crippen LogP contribution < -0.4 is 15.4 Å². The molecule has 1 aliphatic heterocycles. The summed E-state index contributed by atoms with van der Waals surface area (Å²) in [4.78, 5) is 28.6. The number of benzene rings is 4. The van der Waals surface area contributed by atoms with Gasteiger partial charge in [-0.2, -0.15) is 0 Å². The molecule has 4 aromatic rings. The van der Waals surface area contributed by atoms with E-state index in [0.717, 1.165) is 19.5 Å². The molecule has 4 atom stereocenters. The van der Waals surface area contributed by atoms with E-state index >= 15 is 0 Å². The third kappa shape index (κ3) is 10.5. The van der Waals surface area contributed by atoms with Crippen molar-refractivity contribution >= 4 is 35.0 Å². The first-order valence-electron chi connectivity index (χ1n) is 14.8. The predicted molar refractivity (Wildman–Crippen MR) is 188 cm³/mol. The Labute approximate surface area is 287 Å². The number of amides is 2. The monoisotopic (exact) mass is 679 g/mol. The first-order chi connectivity index (χ1) is 21.7. The van der Waals surface area contributed by atoms with Crippen molar-refractivity contribution in [1.82, 2.24) is 15.5 Å². The van der Waals surface area contributed by atoms with Crippen molar-refractivity contribution in [1.29, 1.82) is 0 Å². The highest BCUT2D eigenvalue weighted by Gasteiger charge is 2.35. The summed E-state index contributed by atoms with van der Waals surface area (Å²) in [5.41, 5.74) is 2.14. The minimum Gasteiger partial charge on any atom is -0.457 e. The SMILES string of the molecule is C.C.O=C(NC(Cc1ccc(Cl)c(Cl)c1)C(O)C(O)C(=O)NC1CCN(Cc2ccccc2)C1)c1ccc(Oc2ccccc2)cc1. The van der Waals surface area contributed by atoms with Gasteiger partial charge in [-0.05, 0) is 72.5 Å². The highest BCUT2D eigenvalue weighted by atomic mass is 35.5. The number of nitrogens with zero attached hydrogens (tertiary/aromatic N) is 1. The van der Waals surface area contributed by atoms with Crippen LogP contribution in [0, 0.1) is 0 Å². The van der Waals surface area contributed by atoms with Crippen molar-refractivity contribution in [3.05, 3.63) is 130 Å². The Hall–Kier alpha value is -3.92. The topological polar surface area (TPSA) is 111 Å². The fourth-order valence-corrected chi connectivity index (χ4v) is 5.65. The number of aliphatic hydroxyl groups is 2. The quantitative estimate of drug-likeness (QED) is 0.136. The second-order valence-electron chi connectivity index (χ2n) is 11.1. The van der Waals surface area contributed by atoms with E-state index in [-0.39, 0.29) is 27.3 Å². The maximum Gasteiger partial charge on any atom is 0.251 e. The molecule has 4 unspecified atom stereocenters. The van der Waals surface area contributed by atoms with Gasteiger partial charge in [0.25, 0.3) is 11.8 Å². The van der Waals surface area contributed by atoms with Gasteiger partial charge in [-0.1, -0.05) is 92.7 Å². The van der Waals surface area contributed by atoms with E-state index in [9.17, 15) is 19.8 Å². The normalized spacial score (nSPS) is 16.1. The van der Waals surface area contributed by atoms with Gasteiger partial charge >= 0.3 is 0 Å². The molecule has 250 valence electrons. The van der Waals surface area contributed by atoms with Crippen LogP contribution in [0.2, 0.25) is 10.0 Å². The first-order valence-corrected chi connectivity index (χ1v) is 15.5. The average molecular weight is 681 g/mol. The summed E-state index contributed by atoms with van der Waals surface area (Å²) in [5.74, 6) is 0.00922. The molecule has 1 aliphatic rings. The lowest BCUT2D eigenvalue weighted by Gasteiger charge is -2.28. The van der Waals surface area contributed by atoms with Crippen molar-refractivity contribution in [2.75, 3.05) is 13.1 Å². The Morgan fingerprint density at radius 2 is 1.47 bits per heavy atom. The number of likely N-dealkylation sites (tertiary alicyclic amines) is 1. The van der Waals surface area contributed by atoms with Gasteiger partial charge in [0.05, 0.1) is 16.1 Å². The molecule has 1 saturated heterocycles. The number of hydrogen-bond donors (Lipinski definition) is 4.